The Labute approximate surface area is 117 Å². The van der Waals surface area contributed by atoms with E-state index in [2.05, 4.69) is 30.9 Å². The molecule has 0 fully saturated rings. The molecule has 0 heterocycles. The monoisotopic (exact) mass is 258 g/mol. The van der Waals surface area contributed by atoms with Crippen molar-refractivity contribution in [3.05, 3.63) is 42.0 Å². The molecule has 0 aliphatic heterocycles. The van der Waals surface area contributed by atoms with E-state index >= 15 is 0 Å². The number of benzene rings is 1. The lowest BCUT2D eigenvalue weighted by atomic mass is 10.2. The number of hydrogen-bond acceptors (Lipinski definition) is 1. The summed E-state index contributed by atoms with van der Waals surface area (Å²) in [7, 11) is 0. The highest BCUT2D eigenvalue weighted by Crippen LogP contribution is 2.05. The third-order valence-electron chi connectivity index (χ3n) is 3.14. The van der Waals surface area contributed by atoms with Crippen molar-refractivity contribution >= 4 is 11.9 Å². The van der Waals surface area contributed by atoms with E-state index in [0.29, 0.717) is 5.84 Å². The van der Waals surface area contributed by atoms with Gasteiger partial charge in [0, 0.05) is 13.1 Å². The van der Waals surface area contributed by atoms with E-state index in [1.165, 1.54) is 12.8 Å². The van der Waals surface area contributed by atoms with Crippen molar-refractivity contribution in [2.45, 2.75) is 39.5 Å². The first kappa shape index (κ1) is 15.5. The van der Waals surface area contributed by atoms with Crippen LogP contribution in [-0.2, 0) is 0 Å². The van der Waals surface area contributed by atoms with Crippen molar-refractivity contribution in [3.63, 3.8) is 0 Å². The number of nitrogens with zero attached hydrogens (tertiary/aromatic N) is 1. The van der Waals surface area contributed by atoms with Gasteiger partial charge >= 0.3 is 0 Å². The molecule has 0 aromatic heterocycles. The van der Waals surface area contributed by atoms with Crippen molar-refractivity contribution in [2.24, 2.45) is 0 Å². The molecule has 104 valence electrons. The van der Waals surface area contributed by atoms with Gasteiger partial charge in [-0.05, 0) is 24.5 Å². The van der Waals surface area contributed by atoms with Gasteiger partial charge in [0.1, 0.15) is 5.84 Å². The van der Waals surface area contributed by atoms with E-state index in [9.17, 15) is 0 Å². The lowest BCUT2D eigenvalue weighted by molar-refractivity contribution is 0.398. The van der Waals surface area contributed by atoms with E-state index in [-0.39, 0.29) is 0 Å². The largest absolute Gasteiger partial charge is 0.357 e. The van der Waals surface area contributed by atoms with Crippen LogP contribution in [0.5, 0.6) is 0 Å². The molecule has 0 radical (unpaired) electrons. The van der Waals surface area contributed by atoms with Crippen LogP contribution in [0.25, 0.3) is 6.08 Å². The van der Waals surface area contributed by atoms with E-state index in [1.54, 1.807) is 0 Å². The number of unbranched alkanes of at least 4 members (excludes halogenated alkanes) is 2. The van der Waals surface area contributed by atoms with Crippen molar-refractivity contribution < 1.29 is 0 Å². The van der Waals surface area contributed by atoms with E-state index in [0.717, 1.165) is 31.5 Å². The topological polar surface area (TPSA) is 27.1 Å². The molecule has 1 aromatic carbocycles. The Bertz CT molecular complexity index is 374. The second-order valence-corrected chi connectivity index (χ2v) is 4.82. The van der Waals surface area contributed by atoms with Crippen LogP contribution in [0, 0.1) is 5.41 Å². The zero-order valence-corrected chi connectivity index (χ0v) is 12.2. The second kappa shape index (κ2) is 9.37. The first-order chi connectivity index (χ1) is 9.27. The molecule has 0 unspecified atom stereocenters. The second-order valence-electron chi connectivity index (χ2n) is 4.82. The molecule has 0 spiro atoms. The minimum atomic E-state index is 0.630. The molecular weight excluding hydrogens is 232 g/mol. The SMILES string of the molecule is CCCCN(CCCC)C(=N)/C=C/c1ccccc1. The highest BCUT2D eigenvalue weighted by Gasteiger charge is 2.05. The van der Waals surface area contributed by atoms with Crippen LogP contribution >= 0.6 is 0 Å². The number of hydrogen-bond donors (Lipinski definition) is 1. The molecule has 1 aromatic rings. The molecule has 1 rings (SSSR count). The highest BCUT2D eigenvalue weighted by atomic mass is 15.2. The Morgan fingerprint density at radius 3 is 2.16 bits per heavy atom. The summed E-state index contributed by atoms with van der Waals surface area (Å²) in [5.74, 6) is 0.630. The van der Waals surface area contributed by atoms with E-state index in [1.807, 2.05) is 30.4 Å². The average molecular weight is 258 g/mol. The van der Waals surface area contributed by atoms with Gasteiger partial charge < -0.3 is 4.90 Å². The summed E-state index contributed by atoms with van der Waals surface area (Å²) in [6.45, 7) is 6.38. The van der Waals surface area contributed by atoms with Gasteiger partial charge in [0.2, 0.25) is 0 Å². The van der Waals surface area contributed by atoms with Crippen molar-refractivity contribution in [3.8, 4) is 0 Å². The summed E-state index contributed by atoms with van der Waals surface area (Å²) in [4.78, 5) is 2.19. The van der Waals surface area contributed by atoms with Gasteiger partial charge in [-0.1, -0.05) is 63.1 Å². The molecule has 0 bridgehead atoms. The average Bonchev–Trinajstić information content (AvgIpc) is 2.46. The molecule has 0 amide bonds. The first-order valence-electron chi connectivity index (χ1n) is 7.34. The molecule has 0 saturated heterocycles. The molecule has 1 N–H and O–H groups in total. The smallest absolute Gasteiger partial charge is 0.120 e. The van der Waals surface area contributed by atoms with Crippen molar-refractivity contribution in [1.29, 1.82) is 5.41 Å². The Morgan fingerprint density at radius 2 is 1.63 bits per heavy atom. The lowest BCUT2D eigenvalue weighted by Crippen LogP contribution is -2.30. The fourth-order valence-electron chi connectivity index (χ4n) is 1.90. The van der Waals surface area contributed by atoms with Gasteiger partial charge in [-0.2, -0.15) is 0 Å². The minimum absolute atomic E-state index is 0.630. The predicted octanol–water partition coefficient (Wildman–Crippen LogP) is 4.58. The normalized spacial score (nSPS) is 10.8. The maximum atomic E-state index is 8.19. The zero-order valence-electron chi connectivity index (χ0n) is 12.2. The molecule has 0 saturated carbocycles. The number of rotatable bonds is 8. The molecule has 0 atom stereocenters. The number of amidine groups is 1. The summed E-state index contributed by atoms with van der Waals surface area (Å²) >= 11 is 0. The first-order valence-corrected chi connectivity index (χ1v) is 7.34. The lowest BCUT2D eigenvalue weighted by Gasteiger charge is -2.23. The van der Waals surface area contributed by atoms with E-state index in [4.69, 9.17) is 5.41 Å². The van der Waals surface area contributed by atoms with Gasteiger partial charge in [0.05, 0.1) is 0 Å². The summed E-state index contributed by atoms with van der Waals surface area (Å²) < 4.78 is 0. The van der Waals surface area contributed by atoms with Crippen LogP contribution in [0.1, 0.15) is 45.1 Å². The molecule has 19 heavy (non-hydrogen) atoms. The zero-order chi connectivity index (χ0) is 13.9. The quantitative estimate of drug-likeness (QED) is 0.536. The molecule has 0 aliphatic carbocycles. The standard InChI is InChI=1S/C17H26N2/c1-3-5-14-19(15-6-4-2)17(18)13-12-16-10-8-7-9-11-16/h7-13,18H,3-6,14-15H2,1-2H3/b13-12+,18-17?. The fraction of sp³-hybridized carbons (Fsp3) is 0.471. The van der Waals surface area contributed by atoms with E-state index < -0.39 is 0 Å². The minimum Gasteiger partial charge on any atom is -0.357 e. The van der Waals surface area contributed by atoms with Gasteiger partial charge in [-0.3, -0.25) is 5.41 Å². The van der Waals surface area contributed by atoms with Crippen LogP contribution in [0.3, 0.4) is 0 Å². The predicted molar refractivity (Wildman–Crippen MR) is 84.6 cm³/mol. The van der Waals surface area contributed by atoms with Crippen LogP contribution in [0.2, 0.25) is 0 Å². The molecular formula is C17H26N2. The van der Waals surface area contributed by atoms with Crippen LogP contribution in [0.4, 0.5) is 0 Å². The van der Waals surface area contributed by atoms with Gasteiger partial charge in [0.25, 0.3) is 0 Å². The Hall–Kier alpha value is -1.57. The van der Waals surface area contributed by atoms with Crippen LogP contribution in [-0.4, -0.2) is 23.8 Å². The third kappa shape index (κ3) is 6.23. The summed E-state index contributed by atoms with van der Waals surface area (Å²) in [5, 5.41) is 8.19. The van der Waals surface area contributed by atoms with Gasteiger partial charge in [-0.15, -0.1) is 0 Å². The molecule has 2 nitrogen and oxygen atoms in total. The van der Waals surface area contributed by atoms with Crippen molar-refractivity contribution in [2.75, 3.05) is 13.1 Å². The Kier molecular flexibility index (Phi) is 7.64. The maximum Gasteiger partial charge on any atom is 0.120 e. The molecule has 0 aliphatic rings. The molecule has 2 heteroatoms. The Morgan fingerprint density at radius 1 is 1.05 bits per heavy atom. The van der Waals surface area contributed by atoms with Gasteiger partial charge in [0.15, 0.2) is 0 Å². The summed E-state index contributed by atoms with van der Waals surface area (Å²) in [6, 6.07) is 10.2. The fourth-order valence-corrected chi connectivity index (χ4v) is 1.90. The van der Waals surface area contributed by atoms with Crippen molar-refractivity contribution in [1.82, 2.24) is 4.90 Å². The summed E-state index contributed by atoms with van der Waals surface area (Å²) in [6.07, 6.45) is 8.61. The van der Waals surface area contributed by atoms with Crippen LogP contribution < -0.4 is 0 Å². The maximum absolute atomic E-state index is 8.19. The van der Waals surface area contributed by atoms with Gasteiger partial charge in [-0.25, -0.2) is 0 Å². The number of nitrogens with one attached hydrogen (secondary N) is 1. The third-order valence-corrected chi connectivity index (χ3v) is 3.14. The van der Waals surface area contributed by atoms with Crippen LogP contribution in [0.15, 0.2) is 36.4 Å². The highest BCUT2D eigenvalue weighted by molar-refractivity contribution is 5.94. The summed E-state index contributed by atoms with van der Waals surface area (Å²) in [5.41, 5.74) is 1.15. The Balaban J connectivity index is 2.57.